The number of rotatable bonds is 12. The zero-order valence-electron chi connectivity index (χ0n) is 27.2. The van der Waals surface area contributed by atoms with E-state index in [2.05, 4.69) is 42.8 Å². The molecule has 0 fully saturated rings. The second-order valence-electron chi connectivity index (χ2n) is 13.2. The van der Waals surface area contributed by atoms with Crippen molar-refractivity contribution in [1.29, 1.82) is 0 Å². The Labute approximate surface area is 279 Å². The van der Waals surface area contributed by atoms with Crippen LogP contribution in [-0.2, 0) is 24.2 Å². The highest BCUT2D eigenvalue weighted by Crippen LogP contribution is 2.38. The van der Waals surface area contributed by atoms with Crippen LogP contribution in [0.4, 0.5) is 5.69 Å². The number of thiophene rings is 1. The zero-order valence-corrected chi connectivity index (χ0v) is 28.0. The molecular weight excluding hydrogens is 609 g/mol. The Morgan fingerprint density at radius 1 is 1.02 bits per heavy atom. The third kappa shape index (κ3) is 8.35. The highest BCUT2D eigenvalue weighted by Gasteiger charge is 2.30. The molecule has 47 heavy (non-hydrogen) atoms. The van der Waals surface area contributed by atoms with Crippen LogP contribution in [-0.4, -0.2) is 36.5 Å². The number of fused-ring (bicyclic) bond motifs is 2. The monoisotopic (exact) mass is 650 g/mol. The molecule has 244 valence electrons. The molecule has 9 heteroatoms. The predicted octanol–water partition coefficient (Wildman–Crippen LogP) is 7.57. The van der Waals surface area contributed by atoms with Gasteiger partial charge in [0.05, 0.1) is 30.4 Å². The number of amides is 2. The largest absolute Gasteiger partial charge is 0.459 e. The van der Waals surface area contributed by atoms with Gasteiger partial charge in [0.1, 0.15) is 4.83 Å². The van der Waals surface area contributed by atoms with E-state index < -0.39 is 0 Å². The minimum absolute atomic E-state index is 0.157. The fourth-order valence-electron chi connectivity index (χ4n) is 6.04. The number of pyridine rings is 1. The van der Waals surface area contributed by atoms with Gasteiger partial charge in [-0.25, -0.2) is 4.98 Å². The number of hydrogen-bond acceptors (Lipinski definition) is 7. The number of carbonyl (C=O) groups is 2. The molecule has 0 bridgehead atoms. The van der Waals surface area contributed by atoms with Crippen molar-refractivity contribution in [2.75, 3.05) is 25.0 Å². The summed E-state index contributed by atoms with van der Waals surface area (Å²) in [6.45, 7) is 9.09. The van der Waals surface area contributed by atoms with Crippen LogP contribution < -0.4 is 16.0 Å². The highest BCUT2D eigenvalue weighted by atomic mass is 32.1. The third-order valence-corrected chi connectivity index (χ3v) is 9.85. The predicted molar refractivity (Wildman–Crippen MR) is 187 cm³/mol. The summed E-state index contributed by atoms with van der Waals surface area (Å²) < 4.78 is 11.1. The smallest absolute Gasteiger partial charge is 0.291 e. The summed E-state index contributed by atoms with van der Waals surface area (Å²) in [6, 6.07) is 24.7. The van der Waals surface area contributed by atoms with Crippen molar-refractivity contribution in [3.8, 4) is 0 Å². The Morgan fingerprint density at radius 2 is 1.87 bits per heavy atom. The third-order valence-electron chi connectivity index (χ3n) is 8.80. The van der Waals surface area contributed by atoms with Gasteiger partial charge >= 0.3 is 0 Å². The van der Waals surface area contributed by atoms with Crippen molar-refractivity contribution in [2.45, 2.75) is 52.7 Å². The van der Waals surface area contributed by atoms with Gasteiger partial charge in [0, 0.05) is 29.9 Å². The molecule has 2 atom stereocenters. The van der Waals surface area contributed by atoms with E-state index in [0.29, 0.717) is 42.8 Å². The van der Waals surface area contributed by atoms with Gasteiger partial charge in [0.25, 0.3) is 11.8 Å². The van der Waals surface area contributed by atoms with Crippen LogP contribution in [0.3, 0.4) is 0 Å². The van der Waals surface area contributed by atoms with Crippen molar-refractivity contribution < 1.29 is 18.7 Å². The van der Waals surface area contributed by atoms with Crippen LogP contribution >= 0.6 is 11.3 Å². The maximum atomic E-state index is 13.7. The molecule has 0 saturated carbocycles. The molecular formula is C38H42N4O4S. The second-order valence-corrected chi connectivity index (χ2v) is 14.3. The van der Waals surface area contributed by atoms with Crippen LogP contribution in [0.15, 0.2) is 89.5 Å². The zero-order chi connectivity index (χ0) is 32.8. The molecule has 6 rings (SSSR count). The van der Waals surface area contributed by atoms with Gasteiger partial charge in [-0.3, -0.25) is 9.59 Å². The van der Waals surface area contributed by atoms with Crippen molar-refractivity contribution in [2.24, 2.45) is 11.3 Å². The Kier molecular flexibility index (Phi) is 10.2. The molecule has 5 aromatic rings. The first-order valence-electron chi connectivity index (χ1n) is 16.2. The molecule has 0 saturated heterocycles. The minimum atomic E-state index is -0.365. The van der Waals surface area contributed by atoms with Crippen LogP contribution in [0.25, 0.3) is 10.2 Å². The number of hydrogen-bond donors (Lipinski definition) is 3. The first-order valence-corrected chi connectivity index (χ1v) is 17.0. The summed E-state index contributed by atoms with van der Waals surface area (Å²) in [5.74, 6) is 0.352. The van der Waals surface area contributed by atoms with E-state index in [1.165, 1.54) is 23.2 Å². The van der Waals surface area contributed by atoms with Crippen molar-refractivity contribution >= 4 is 39.1 Å². The molecule has 3 N–H and O–H groups in total. The van der Waals surface area contributed by atoms with Crippen molar-refractivity contribution in [1.82, 2.24) is 15.6 Å². The number of furan rings is 1. The molecule has 1 aliphatic rings. The van der Waals surface area contributed by atoms with Gasteiger partial charge in [-0.15, -0.1) is 11.3 Å². The van der Waals surface area contributed by atoms with Gasteiger partial charge in [-0.2, -0.15) is 0 Å². The first-order chi connectivity index (χ1) is 22.7. The van der Waals surface area contributed by atoms with Crippen molar-refractivity contribution in [3.05, 3.63) is 118 Å². The van der Waals surface area contributed by atoms with E-state index in [1.807, 2.05) is 60.7 Å². The summed E-state index contributed by atoms with van der Waals surface area (Å²) in [5, 5.41) is 10.6. The lowest BCUT2D eigenvalue weighted by Gasteiger charge is -2.34. The van der Waals surface area contributed by atoms with E-state index in [0.717, 1.165) is 46.3 Å². The molecule has 0 radical (unpaired) electrons. The first kappa shape index (κ1) is 32.6. The Hall–Kier alpha value is -4.31. The SMILES string of the molecule is CC(C)(C)[C@@H]1CCc2nc3sc(C(=O)N[C@H](CNCCOCc4ccccc4)c4cccc(NC(=O)c5ccco5)c4)cc3cc2C1. The van der Waals surface area contributed by atoms with E-state index in [9.17, 15) is 9.59 Å². The van der Waals surface area contributed by atoms with Gasteiger partial charge in [-0.1, -0.05) is 63.2 Å². The molecule has 2 amide bonds. The standard InChI is InChI=1S/C38H42N4O4S/c1-38(2,3)29-14-15-31-27(20-29)19-28-22-34(47-37(28)42-31)36(44)41-32(23-39-16-18-45-24-25-9-5-4-6-10-25)26-11-7-12-30(21-26)40-35(43)33-13-8-17-46-33/h4-13,17,19,21-22,29,32,39H,14-16,18,20,23-24H2,1-3H3,(H,40,43)(H,41,44)/t29-,32-/m1/s1. The fourth-order valence-corrected chi connectivity index (χ4v) is 6.98. The van der Waals surface area contributed by atoms with Gasteiger partial charge in [0.2, 0.25) is 0 Å². The highest BCUT2D eigenvalue weighted by molar-refractivity contribution is 7.20. The second kappa shape index (κ2) is 14.6. The summed E-state index contributed by atoms with van der Waals surface area (Å²) in [5.41, 5.74) is 5.31. The number of ether oxygens (including phenoxy) is 1. The Balaban J connectivity index is 1.15. The van der Waals surface area contributed by atoms with E-state index in [4.69, 9.17) is 14.1 Å². The molecule has 0 unspecified atom stereocenters. The Morgan fingerprint density at radius 3 is 2.66 bits per heavy atom. The van der Waals surface area contributed by atoms with Crippen LogP contribution in [0.2, 0.25) is 0 Å². The number of nitrogens with zero attached hydrogens (tertiary/aromatic N) is 1. The number of aromatic nitrogens is 1. The number of benzene rings is 2. The molecule has 3 aromatic heterocycles. The molecule has 0 aliphatic heterocycles. The average molecular weight is 651 g/mol. The molecule has 0 spiro atoms. The lowest BCUT2D eigenvalue weighted by atomic mass is 9.71. The number of aryl methyl sites for hydroxylation is 1. The topological polar surface area (TPSA) is 105 Å². The number of nitrogens with one attached hydrogen (secondary N) is 3. The van der Waals surface area contributed by atoms with E-state index >= 15 is 0 Å². The quantitative estimate of drug-likeness (QED) is 0.120. The van der Waals surface area contributed by atoms with Gasteiger partial charge in [0.15, 0.2) is 5.76 Å². The van der Waals surface area contributed by atoms with Gasteiger partial charge < -0.3 is 25.1 Å². The van der Waals surface area contributed by atoms with E-state index in [-0.39, 0.29) is 29.0 Å². The van der Waals surface area contributed by atoms with Crippen LogP contribution in [0.5, 0.6) is 0 Å². The van der Waals surface area contributed by atoms with Gasteiger partial charge in [-0.05, 0) is 83.7 Å². The fraction of sp³-hybridized carbons (Fsp3) is 0.342. The lowest BCUT2D eigenvalue weighted by molar-refractivity contribution is 0.0937. The maximum absolute atomic E-state index is 13.7. The molecule has 1 aliphatic carbocycles. The Bertz CT molecular complexity index is 1810. The summed E-state index contributed by atoms with van der Waals surface area (Å²) in [6.07, 6.45) is 4.60. The normalized spacial score (nSPS) is 15.3. The number of anilines is 1. The molecule has 2 aromatic carbocycles. The summed E-state index contributed by atoms with van der Waals surface area (Å²) in [4.78, 5) is 32.9. The maximum Gasteiger partial charge on any atom is 0.291 e. The van der Waals surface area contributed by atoms with E-state index in [1.54, 1.807) is 12.1 Å². The van der Waals surface area contributed by atoms with Crippen LogP contribution in [0, 0.1) is 11.3 Å². The summed E-state index contributed by atoms with van der Waals surface area (Å²) in [7, 11) is 0. The summed E-state index contributed by atoms with van der Waals surface area (Å²) >= 11 is 1.43. The molecule has 8 nitrogen and oxygen atoms in total. The minimum Gasteiger partial charge on any atom is -0.459 e. The molecule has 3 heterocycles. The lowest BCUT2D eigenvalue weighted by Crippen LogP contribution is -2.36. The van der Waals surface area contributed by atoms with Crippen LogP contribution in [0.1, 0.15) is 75.8 Å². The average Bonchev–Trinajstić information content (AvgIpc) is 3.75. The number of carbonyl (C=O) groups excluding carboxylic acids is 2. The van der Waals surface area contributed by atoms with Crippen molar-refractivity contribution in [3.63, 3.8) is 0 Å².